The van der Waals surface area contributed by atoms with Crippen LogP contribution in [0.2, 0.25) is 0 Å². The van der Waals surface area contributed by atoms with Gasteiger partial charge < -0.3 is 15.2 Å². The molecule has 8 nitrogen and oxygen atoms in total. The van der Waals surface area contributed by atoms with Crippen molar-refractivity contribution in [2.45, 2.75) is 18.9 Å². The van der Waals surface area contributed by atoms with E-state index >= 15 is 0 Å². The number of amides is 1. The van der Waals surface area contributed by atoms with Crippen molar-refractivity contribution < 1.29 is 24.4 Å². The minimum Gasteiger partial charge on any atom is -0.481 e. The highest BCUT2D eigenvalue weighted by Gasteiger charge is 2.14. The van der Waals surface area contributed by atoms with Gasteiger partial charge in [0.2, 0.25) is 5.91 Å². The van der Waals surface area contributed by atoms with Crippen LogP contribution in [-0.2, 0) is 20.7 Å². The summed E-state index contributed by atoms with van der Waals surface area (Å²) in [6.45, 7) is 0.0660. The van der Waals surface area contributed by atoms with Crippen LogP contribution in [0.3, 0.4) is 0 Å². The first-order valence-electron chi connectivity index (χ1n) is 6.17. The topological polar surface area (TPSA) is 119 Å². The molecule has 0 fully saturated rings. The van der Waals surface area contributed by atoms with E-state index in [1.54, 1.807) is 6.07 Å². The zero-order valence-corrected chi connectivity index (χ0v) is 11.4. The van der Waals surface area contributed by atoms with E-state index in [-0.39, 0.29) is 31.0 Å². The minimum absolute atomic E-state index is 0.0226. The van der Waals surface area contributed by atoms with Crippen LogP contribution in [0.5, 0.6) is 0 Å². The number of carbonyl (C=O) groups excluding carboxylic acids is 1. The Balaban J connectivity index is 2.51. The van der Waals surface area contributed by atoms with E-state index in [1.165, 1.54) is 25.3 Å². The summed E-state index contributed by atoms with van der Waals surface area (Å²) in [7, 11) is 1.36. The quantitative estimate of drug-likeness (QED) is 0.539. The largest absolute Gasteiger partial charge is 0.481 e. The molecule has 1 atom stereocenters. The van der Waals surface area contributed by atoms with Gasteiger partial charge in [0.25, 0.3) is 5.69 Å². The molecule has 0 spiro atoms. The second kappa shape index (κ2) is 7.95. The molecule has 0 aliphatic carbocycles. The predicted octanol–water partition coefficient (Wildman–Crippen LogP) is 0.743. The fourth-order valence-corrected chi connectivity index (χ4v) is 1.69. The summed E-state index contributed by atoms with van der Waals surface area (Å²) in [5.41, 5.74) is 0.426. The predicted molar refractivity (Wildman–Crippen MR) is 72.9 cm³/mol. The van der Waals surface area contributed by atoms with Crippen LogP contribution in [0.15, 0.2) is 24.3 Å². The molecule has 0 aromatic heterocycles. The number of aliphatic carboxylic acids is 1. The lowest BCUT2D eigenvalue weighted by Crippen LogP contribution is -2.35. The Morgan fingerprint density at radius 2 is 2.19 bits per heavy atom. The maximum atomic E-state index is 11.7. The number of hydrogen-bond acceptors (Lipinski definition) is 5. The molecule has 0 heterocycles. The number of methoxy groups -OCH3 is 1. The van der Waals surface area contributed by atoms with Gasteiger partial charge >= 0.3 is 5.97 Å². The highest BCUT2D eigenvalue weighted by atomic mass is 16.6. The van der Waals surface area contributed by atoms with Crippen molar-refractivity contribution in [2.75, 3.05) is 13.7 Å². The molecular formula is C13H16N2O6. The molecule has 0 saturated heterocycles. The molecular weight excluding hydrogens is 280 g/mol. The number of ether oxygens (including phenoxy) is 1. The summed E-state index contributed by atoms with van der Waals surface area (Å²) in [6, 6.07) is 5.78. The second-order valence-corrected chi connectivity index (χ2v) is 4.36. The van der Waals surface area contributed by atoms with Gasteiger partial charge in [0.05, 0.1) is 23.9 Å². The van der Waals surface area contributed by atoms with Crippen LogP contribution in [0.1, 0.15) is 12.0 Å². The summed E-state index contributed by atoms with van der Waals surface area (Å²) in [6.07, 6.45) is -0.852. The number of non-ortho nitro benzene ring substituents is 1. The number of nitrogens with zero attached hydrogens (tertiary/aromatic N) is 1. The van der Waals surface area contributed by atoms with Crippen molar-refractivity contribution >= 4 is 17.6 Å². The van der Waals surface area contributed by atoms with Crippen LogP contribution in [0.4, 0.5) is 5.69 Å². The number of nitrogens with one attached hydrogen (secondary N) is 1. The fourth-order valence-electron chi connectivity index (χ4n) is 1.69. The molecule has 114 valence electrons. The van der Waals surface area contributed by atoms with E-state index in [0.29, 0.717) is 5.56 Å². The van der Waals surface area contributed by atoms with Gasteiger partial charge in [-0.25, -0.2) is 0 Å². The molecule has 21 heavy (non-hydrogen) atoms. The highest BCUT2D eigenvalue weighted by molar-refractivity contribution is 5.78. The monoisotopic (exact) mass is 296 g/mol. The van der Waals surface area contributed by atoms with Gasteiger partial charge in [-0.2, -0.15) is 0 Å². The van der Waals surface area contributed by atoms with Gasteiger partial charge in [0.15, 0.2) is 0 Å². The van der Waals surface area contributed by atoms with E-state index < -0.39 is 17.0 Å². The van der Waals surface area contributed by atoms with Gasteiger partial charge in [0.1, 0.15) is 0 Å². The van der Waals surface area contributed by atoms with E-state index in [4.69, 9.17) is 9.84 Å². The zero-order chi connectivity index (χ0) is 15.8. The highest BCUT2D eigenvalue weighted by Crippen LogP contribution is 2.13. The van der Waals surface area contributed by atoms with Gasteiger partial charge in [-0.05, 0) is 5.56 Å². The maximum absolute atomic E-state index is 11.7. The van der Waals surface area contributed by atoms with Gasteiger partial charge in [0, 0.05) is 25.8 Å². The smallest absolute Gasteiger partial charge is 0.306 e. The Hall–Kier alpha value is -2.48. The molecule has 1 unspecified atom stereocenters. The number of carboxylic acid groups (broad SMARTS) is 1. The van der Waals surface area contributed by atoms with Crippen molar-refractivity contribution in [3.63, 3.8) is 0 Å². The Bertz CT molecular complexity index is 531. The molecule has 2 N–H and O–H groups in total. The van der Waals surface area contributed by atoms with Crippen LogP contribution in [0.25, 0.3) is 0 Å². The molecule has 1 rings (SSSR count). The van der Waals surface area contributed by atoms with Crippen LogP contribution in [-0.4, -0.2) is 41.7 Å². The molecule has 0 aliphatic heterocycles. The molecule has 0 radical (unpaired) electrons. The van der Waals surface area contributed by atoms with Gasteiger partial charge in [-0.1, -0.05) is 12.1 Å². The van der Waals surface area contributed by atoms with Crippen molar-refractivity contribution in [3.05, 3.63) is 39.9 Å². The summed E-state index contributed by atoms with van der Waals surface area (Å²) in [5, 5.41) is 21.8. The minimum atomic E-state index is -1.02. The number of nitro groups is 1. The average Bonchev–Trinajstić information content (AvgIpc) is 2.43. The van der Waals surface area contributed by atoms with E-state index in [1.807, 2.05) is 0 Å². The number of carboxylic acids is 1. The molecule has 1 aromatic carbocycles. The van der Waals surface area contributed by atoms with E-state index in [9.17, 15) is 19.7 Å². The lowest BCUT2D eigenvalue weighted by molar-refractivity contribution is -0.384. The van der Waals surface area contributed by atoms with Crippen LogP contribution in [0, 0.1) is 10.1 Å². The summed E-state index contributed by atoms with van der Waals surface area (Å²) in [4.78, 5) is 32.4. The van der Waals surface area contributed by atoms with Crippen LogP contribution < -0.4 is 5.32 Å². The third-order valence-corrected chi connectivity index (χ3v) is 2.75. The Labute approximate surface area is 120 Å². The van der Waals surface area contributed by atoms with Gasteiger partial charge in [-0.3, -0.25) is 19.7 Å². The first-order chi connectivity index (χ1) is 9.92. The molecule has 1 amide bonds. The number of benzene rings is 1. The molecule has 0 aliphatic rings. The Kier molecular flexibility index (Phi) is 6.28. The third-order valence-electron chi connectivity index (χ3n) is 2.75. The Morgan fingerprint density at radius 3 is 2.76 bits per heavy atom. The standard InChI is InChI=1S/C13H16N2O6/c1-21-11(7-13(17)18)8-14-12(16)6-9-3-2-4-10(5-9)15(19)20/h2-5,11H,6-8H2,1H3,(H,14,16)(H,17,18). The fraction of sp³-hybridized carbons (Fsp3) is 0.385. The van der Waals surface area contributed by atoms with Crippen molar-refractivity contribution in [1.29, 1.82) is 0 Å². The molecule has 1 aromatic rings. The second-order valence-electron chi connectivity index (χ2n) is 4.36. The van der Waals surface area contributed by atoms with Crippen molar-refractivity contribution in [1.82, 2.24) is 5.32 Å². The summed E-state index contributed by atoms with van der Waals surface area (Å²) < 4.78 is 4.93. The molecule has 0 saturated carbocycles. The lowest BCUT2D eigenvalue weighted by atomic mass is 10.1. The Morgan fingerprint density at radius 1 is 1.48 bits per heavy atom. The SMILES string of the molecule is COC(CNC(=O)Cc1cccc([N+](=O)[O-])c1)CC(=O)O. The summed E-state index contributed by atoms with van der Waals surface area (Å²) in [5.74, 6) is -1.38. The lowest BCUT2D eigenvalue weighted by Gasteiger charge is -2.13. The normalized spacial score (nSPS) is 11.7. The first kappa shape index (κ1) is 16.6. The van der Waals surface area contributed by atoms with Crippen molar-refractivity contribution in [3.8, 4) is 0 Å². The van der Waals surface area contributed by atoms with E-state index in [0.717, 1.165) is 0 Å². The first-order valence-corrected chi connectivity index (χ1v) is 6.17. The van der Waals surface area contributed by atoms with Gasteiger partial charge in [-0.15, -0.1) is 0 Å². The maximum Gasteiger partial charge on any atom is 0.306 e. The molecule has 0 bridgehead atoms. The summed E-state index contributed by atoms with van der Waals surface area (Å²) >= 11 is 0. The number of carbonyl (C=O) groups is 2. The number of nitro benzene ring substituents is 1. The van der Waals surface area contributed by atoms with E-state index in [2.05, 4.69) is 5.32 Å². The van der Waals surface area contributed by atoms with Crippen molar-refractivity contribution in [2.24, 2.45) is 0 Å². The number of hydrogen-bond donors (Lipinski definition) is 2. The average molecular weight is 296 g/mol. The molecule has 8 heteroatoms. The zero-order valence-electron chi connectivity index (χ0n) is 11.4. The number of rotatable bonds is 8. The third kappa shape index (κ3) is 6.00. The van der Waals surface area contributed by atoms with Crippen LogP contribution >= 0.6 is 0 Å².